The van der Waals surface area contributed by atoms with Crippen molar-refractivity contribution in [2.24, 2.45) is 0 Å². The number of amides is 1. The first-order valence-electron chi connectivity index (χ1n) is 10.5. The predicted molar refractivity (Wildman–Crippen MR) is 114 cm³/mol. The number of benzene rings is 2. The molecule has 0 saturated carbocycles. The van der Waals surface area contributed by atoms with Crippen molar-refractivity contribution in [3.05, 3.63) is 66.2 Å². The van der Waals surface area contributed by atoms with Crippen LogP contribution in [0.5, 0.6) is 0 Å². The summed E-state index contributed by atoms with van der Waals surface area (Å²) in [6.07, 6.45) is 2.79. The molecule has 0 radical (unpaired) electrons. The van der Waals surface area contributed by atoms with Crippen LogP contribution < -0.4 is 4.90 Å². The fraction of sp³-hybridized carbons (Fsp3) is 0.458. The second kappa shape index (κ2) is 9.85. The monoisotopic (exact) mass is 380 g/mol. The SMILES string of the molecule is CCC(=O)N(c1ccccc1)C1CCN(C(CC)C(O)c2ccccc2)CC1. The van der Waals surface area contributed by atoms with Crippen molar-refractivity contribution in [2.75, 3.05) is 18.0 Å². The van der Waals surface area contributed by atoms with E-state index in [1.165, 1.54) is 0 Å². The number of para-hydroxylation sites is 1. The van der Waals surface area contributed by atoms with Gasteiger partial charge in [0.1, 0.15) is 0 Å². The molecule has 1 aliphatic heterocycles. The topological polar surface area (TPSA) is 43.8 Å². The minimum absolute atomic E-state index is 0.107. The van der Waals surface area contributed by atoms with E-state index in [-0.39, 0.29) is 18.0 Å². The van der Waals surface area contributed by atoms with E-state index >= 15 is 0 Å². The summed E-state index contributed by atoms with van der Waals surface area (Å²) in [7, 11) is 0. The average molecular weight is 381 g/mol. The van der Waals surface area contributed by atoms with Gasteiger partial charge in [0, 0.05) is 37.3 Å². The van der Waals surface area contributed by atoms with Gasteiger partial charge >= 0.3 is 0 Å². The Bertz CT molecular complexity index is 727. The number of nitrogens with zero attached hydrogens (tertiary/aromatic N) is 2. The maximum absolute atomic E-state index is 12.6. The van der Waals surface area contributed by atoms with Crippen LogP contribution in [0.4, 0.5) is 5.69 Å². The van der Waals surface area contributed by atoms with Crippen molar-refractivity contribution in [3.8, 4) is 0 Å². The molecule has 1 heterocycles. The normalized spacial score (nSPS) is 17.8. The maximum Gasteiger partial charge on any atom is 0.226 e. The Morgan fingerprint density at radius 2 is 1.61 bits per heavy atom. The molecule has 1 amide bonds. The predicted octanol–water partition coefficient (Wildman–Crippen LogP) is 4.41. The summed E-state index contributed by atoms with van der Waals surface area (Å²) in [6.45, 7) is 5.86. The highest BCUT2D eigenvalue weighted by molar-refractivity contribution is 5.93. The van der Waals surface area contributed by atoms with E-state index in [2.05, 4.69) is 11.8 Å². The number of aliphatic hydroxyl groups is 1. The van der Waals surface area contributed by atoms with Gasteiger partial charge in [-0.2, -0.15) is 0 Å². The molecule has 2 atom stereocenters. The summed E-state index contributed by atoms with van der Waals surface area (Å²) < 4.78 is 0. The van der Waals surface area contributed by atoms with E-state index < -0.39 is 6.10 Å². The molecule has 150 valence electrons. The lowest BCUT2D eigenvalue weighted by atomic mass is 9.94. The first-order valence-corrected chi connectivity index (χ1v) is 10.5. The maximum atomic E-state index is 12.6. The fourth-order valence-corrected chi connectivity index (χ4v) is 4.35. The number of aliphatic hydroxyl groups excluding tert-OH is 1. The summed E-state index contributed by atoms with van der Waals surface area (Å²) in [6, 6.07) is 20.3. The van der Waals surface area contributed by atoms with Crippen LogP contribution in [0.2, 0.25) is 0 Å². The molecule has 0 bridgehead atoms. The first kappa shape index (κ1) is 20.6. The Balaban J connectivity index is 1.69. The van der Waals surface area contributed by atoms with Crippen LogP contribution in [-0.4, -0.2) is 41.1 Å². The third kappa shape index (κ3) is 4.62. The van der Waals surface area contributed by atoms with E-state index in [4.69, 9.17) is 0 Å². The van der Waals surface area contributed by atoms with Crippen LogP contribution >= 0.6 is 0 Å². The Morgan fingerprint density at radius 1 is 1.04 bits per heavy atom. The molecule has 0 spiro atoms. The van der Waals surface area contributed by atoms with Crippen molar-refractivity contribution in [2.45, 2.75) is 57.7 Å². The second-order valence-electron chi connectivity index (χ2n) is 7.55. The molecule has 1 fully saturated rings. The van der Waals surface area contributed by atoms with E-state index in [9.17, 15) is 9.90 Å². The number of anilines is 1. The molecule has 1 N–H and O–H groups in total. The highest BCUT2D eigenvalue weighted by Gasteiger charge is 2.33. The molecule has 28 heavy (non-hydrogen) atoms. The highest BCUT2D eigenvalue weighted by atomic mass is 16.3. The van der Waals surface area contributed by atoms with Gasteiger partial charge in [-0.25, -0.2) is 0 Å². The molecule has 1 saturated heterocycles. The van der Waals surface area contributed by atoms with Crippen molar-refractivity contribution >= 4 is 11.6 Å². The second-order valence-corrected chi connectivity index (χ2v) is 7.55. The van der Waals surface area contributed by atoms with E-state index in [1.54, 1.807) is 0 Å². The number of carbonyl (C=O) groups is 1. The molecule has 2 aromatic carbocycles. The highest BCUT2D eigenvalue weighted by Crippen LogP contribution is 2.29. The van der Waals surface area contributed by atoms with Gasteiger partial charge in [-0.1, -0.05) is 62.4 Å². The van der Waals surface area contributed by atoms with Crippen LogP contribution in [0.15, 0.2) is 60.7 Å². The van der Waals surface area contributed by atoms with E-state index in [0.29, 0.717) is 6.42 Å². The number of likely N-dealkylation sites (tertiary alicyclic amines) is 1. The fourth-order valence-electron chi connectivity index (χ4n) is 4.35. The largest absolute Gasteiger partial charge is 0.387 e. The summed E-state index contributed by atoms with van der Waals surface area (Å²) in [5.74, 6) is 0.181. The zero-order chi connectivity index (χ0) is 19.9. The van der Waals surface area contributed by atoms with Gasteiger partial charge in [0.05, 0.1) is 6.10 Å². The van der Waals surface area contributed by atoms with Crippen molar-refractivity contribution < 1.29 is 9.90 Å². The minimum atomic E-state index is -0.481. The zero-order valence-corrected chi connectivity index (χ0v) is 17.0. The van der Waals surface area contributed by atoms with Crippen molar-refractivity contribution in [3.63, 3.8) is 0 Å². The van der Waals surface area contributed by atoms with E-state index in [0.717, 1.165) is 43.6 Å². The standard InChI is InChI=1S/C24H32N2O2/c1-3-22(24(28)19-11-7-5-8-12-19)25-17-15-21(16-18-25)26(23(27)4-2)20-13-9-6-10-14-20/h5-14,21-22,24,28H,3-4,15-18H2,1-2H3. The lowest BCUT2D eigenvalue weighted by Gasteiger charge is -2.42. The van der Waals surface area contributed by atoms with Gasteiger partial charge in [-0.3, -0.25) is 9.69 Å². The van der Waals surface area contributed by atoms with Gasteiger partial charge in [0.15, 0.2) is 0 Å². The number of carbonyl (C=O) groups excluding carboxylic acids is 1. The van der Waals surface area contributed by atoms with Gasteiger partial charge in [0.25, 0.3) is 0 Å². The Kier molecular flexibility index (Phi) is 7.24. The molecule has 1 aliphatic rings. The van der Waals surface area contributed by atoms with Crippen molar-refractivity contribution in [1.82, 2.24) is 4.90 Å². The van der Waals surface area contributed by atoms with Crippen LogP contribution in [0, 0.1) is 0 Å². The van der Waals surface area contributed by atoms with Crippen LogP contribution in [0.3, 0.4) is 0 Å². The molecule has 2 unspecified atom stereocenters. The summed E-state index contributed by atoms with van der Waals surface area (Å²) in [4.78, 5) is 17.0. The number of hydrogen-bond donors (Lipinski definition) is 1. The van der Waals surface area contributed by atoms with Crippen LogP contribution in [0.25, 0.3) is 0 Å². The van der Waals surface area contributed by atoms with Crippen LogP contribution in [-0.2, 0) is 4.79 Å². The Morgan fingerprint density at radius 3 is 2.14 bits per heavy atom. The number of piperidine rings is 1. The Labute approximate surface area is 168 Å². The van der Waals surface area contributed by atoms with Crippen LogP contribution in [0.1, 0.15) is 51.2 Å². The molecule has 3 rings (SSSR count). The molecule has 4 nitrogen and oxygen atoms in total. The average Bonchev–Trinajstić information content (AvgIpc) is 2.76. The smallest absolute Gasteiger partial charge is 0.226 e. The van der Waals surface area contributed by atoms with Gasteiger partial charge in [-0.05, 0) is 37.0 Å². The molecule has 0 aromatic heterocycles. The minimum Gasteiger partial charge on any atom is -0.387 e. The van der Waals surface area contributed by atoms with Crippen molar-refractivity contribution in [1.29, 1.82) is 0 Å². The summed E-state index contributed by atoms with van der Waals surface area (Å²) in [5.41, 5.74) is 1.97. The number of hydrogen-bond acceptors (Lipinski definition) is 3. The zero-order valence-electron chi connectivity index (χ0n) is 17.0. The van der Waals surface area contributed by atoms with Gasteiger partial charge in [-0.15, -0.1) is 0 Å². The summed E-state index contributed by atoms with van der Waals surface area (Å²) in [5, 5.41) is 10.9. The van der Waals surface area contributed by atoms with Gasteiger partial charge in [0.2, 0.25) is 5.91 Å². The Hall–Kier alpha value is -2.17. The lowest BCUT2D eigenvalue weighted by molar-refractivity contribution is -0.119. The quantitative estimate of drug-likeness (QED) is 0.774. The molecule has 0 aliphatic carbocycles. The third-order valence-electron chi connectivity index (χ3n) is 5.86. The number of rotatable bonds is 7. The molecular formula is C24H32N2O2. The van der Waals surface area contributed by atoms with E-state index in [1.807, 2.05) is 72.5 Å². The third-order valence-corrected chi connectivity index (χ3v) is 5.86. The first-order chi connectivity index (χ1) is 13.7. The molecule has 2 aromatic rings. The lowest BCUT2D eigenvalue weighted by Crippen LogP contribution is -2.51. The summed E-state index contributed by atoms with van der Waals surface area (Å²) >= 11 is 0. The molecule has 4 heteroatoms. The molecular weight excluding hydrogens is 348 g/mol. The van der Waals surface area contributed by atoms with Gasteiger partial charge < -0.3 is 10.0 Å².